The van der Waals surface area contributed by atoms with E-state index in [1.165, 1.54) is 19.3 Å². The van der Waals surface area contributed by atoms with Gasteiger partial charge in [-0.25, -0.2) is 0 Å². The van der Waals surface area contributed by atoms with Crippen molar-refractivity contribution in [2.75, 3.05) is 19.6 Å². The van der Waals surface area contributed by atoms with Gasteiger partial charge in [-0.3, -0.25) is 4.79 Å². The summed E-state index contributed by atoms with van der Waals surface area (Å²) >= 11 is 0. The Hall–Kier alpha value is -0.280. The molecule has 2 saturated heterocycles. The quantitative estimate of drug-likeness (QED) is 0.641. The molecule has 4 heteroatoms. The summed E-state index contributed by atoms with van der Waals surface area (Å²) in [6.45, 7) is 3.01. The molecule has 0 aromatic carbocycles. The number of hydrogen-bond acceptors (Lipinski definition) is 2. The monoisotopic (exact) mass is 204 g/mol. The van der Waals surface area contributed by atoms with Gasteiger partial charge in [-0.2, -0.15) is 0 Å². The summed E-state index contributed by atoms with van der Waals surface area (Å²) in [5.41, 5.74) is 0.291. The van der Waals surface area contributed by atoms with Crippen LogP contribution in [-0.2, 0) is 4.79 Å². The maximum atomic E-state index is 10.6. The predicted octanol–water partition coefficient (Wildman–Crippen LogP) is 0.783. The summed E-state index contributed by atoms with van der Waals surface area (Å²) in [5, 5.41) is 3.54. The summed E-state index contributed by atoms with van der Waals surface area (Å²) in [6.07, 6.45) is 5.91. The number of likely N-dealkylation sites (tertiary alicyclic amines) is 1. The summed E-state index contributed by atoms with van der Waals surface area (Å²) < 4.78 is 0. The van der Waals surface area contributed by atoms with E-state index in [4.69, 9.17) is 0 Å². The van der Waals surface area contributed by atoms with Gasteiger partial charge in [-0.1, -0.05) is 0 Å². The van der Waals surface area contributed by atoms with Crippen molar-refractivity contribution in [3.8, 4) is 0 Å². The molecule has 1 N–H and O–H groups in total. The molecule has 1 spiro atoms. The first-order valence-electron chi connectivity index (χ1n) is 4.79. The Bertz CT molecular complexity index is 180. The molecule has 0 aromatic heterocycles. The van der Waals surface area contributed by atoms with Crippen LogP contribution < -0.4 is 5.32 Å². The van der Waals surface area contributed by atoms with Crippen molar-refractivity contribution in [2.45, 2.75) is 31.2 Å². The number of rotatable bonds is 1. The minimum absolute atomic E-state index is 0. The number of hydrogen-bond donors (Lipinski definition) is 1. The van der Waals surface area contributed by atoms with Crippen LogP contribution >= 0.6 is 12.4 Å². The van der Waals surface area contributed by atoms with Gasteiger partial charge in [0.05, 0.1) is 0 Å². The van der Waals surface area contributed by atoms with Gasteiger partial charge in [0.15, 0.2) is 0 Å². The van der Waals surface area contributed by atoms with Crippen molar-refractivity contribution in [1.82, 2.24) is 10.2 Å². The largest absolute Gasteiger partial charge is 0.343 e. The fourth-order valence-electron chi connectivity index (χ4n) is 2.47. The van der Waals surface area contributed by atoms with E-state index in [1.807, 2.05) is 4.90 Å². The molecule has 0 bridgehead atoms. The number of nitrogens with one attached hydrogen (secondary N) is 1. The third-order valence-corrected chi connectivity index (χ3v) is 3.09. The van der Waals surface area contributed by atoms with Gasteiger partial charge >= 0.3 is 0 Å². The van der Waals surface area contributed by atoms with Gasteiger partial charge in [0.1, 0.15) is 0 Å². The molecular formula is C9H17ClN2O. The van der Waals surface area contributed by atoms with Crippen molar-refractivity contribution < 1.29 is 4.79 Å². The van der Waals surface area contributed by atoms with E-state index in [0.717, 1.165) is 32.5 Å². The van der Waals surface area contributed by atoms with E-state index >= 15 is 0 Å². The first-order chi connectivity index (χ1) is 5.85. The topological polar surface area (TPSA) is 32.3 Å². The number of amides is 1. The Morgan fingerprint density at radius 1 is 1.31 bits per heavy atom. The lowest BCUT2D eigenvalue weighted by Crippen LogP contribution is -2.53. The second-order valence-corrected chi connectivity index (χ2v) is 3.99. The van der Waals surface area contributed by atoms with E-state index in [2.05, 4.69) is 5.32 Å². The highest BCUT2D eigenvalue weighted by Crippen LogP contribution is 2.28. The summed E-state index contributed by atoms with van der Waals surface area (Å²) in [6, 6.07) is 0. The van der Waals surface area contributed by atoms with Crippen molar-refractivity contribution in [3.05, 3.63) is 0 Å². The van der Waals surface area contributed by atoms with Gasteiger partial charge in [-0.05, 0) is 32.2 Å². The fraction of sp³-hybridized carbons (Fsp3) is 0.889. The molecule has 0 aliphatic carbocycles. The molecule has 2 aliphatic rings. The summed E-state index contributed by atoms with van der Waals surface area (Å²) in [4.78, 5) is 12.5. The SMILES string of the molecule is Cl.O=CN1CCCC2(CCCN2)C1. The zero-order valence-corrected chi connectivity index (χ0v) is 8.61. The highest BCUT2D eigenvalue weighted by molar-refractivity contribution is 5.85. The zero-order valence-electron chi connectivity index (χ0n) is 7.79. The fourth-order valence-corrected chi connectivity index (χ4v) is 2.47. The van der Waals surface area contributed by atoms with E-state index in [0.29, 0.717) is 5.54 Å². The predicted molar refractivity (Wildman–Crippen MR) is 54.1 cm³/mol. The van der Waals surface area contributed by atoms with E-state index in [9.17, 15) is 4.79 Å². The van der Waals surface area contributed by atoms with Gasteiger partial charge < -0.3 is 10.2 Å². The van der Waals surface area contributed by atoms with E-state index in [-0.39, 0.29) is 12.4 Å². The molecule has 13 heavy (non-hydrogen) atoms. The van der Waals surface area contributed by atoms with Crippen LogP contribution in [0.2, 0.25) is 0 Å². The lowest BCUT2D eigenvalue weighted by molar-refractivity contribution is -0.120. The van der Waals surface area contributed by atoms with Crippen molar-refractivity contribution in [3.63, 3.8) is 0 Å². The molecule has 1 unspecified atom stereocenters. The van der Waals surface area contributed by atoms with Crippen LogP contribution in [0.5, 0.6) is 0 Å². The van der Waals surface area contributed by atoms with Crippen LogP contribution in [-0.4, -0.2) is 36.5 Å². The Morgan fingerprint density at radius 3 is 2.69 bits per heavy atom. The maximum absolute atomic E-state index is 10.6. The number of carbonyl (C=O) groups excluding carboxylic acids is 1. The molecule has 0 saturated carbocycles. The molecule has 2 aliphatic heterocycles. The Morgan fingerprint density at radius 2 is 2.08 bits per heavy atom. The lowest BCUT2D eigenvalue weighted by Gasteiger charge is -2.38. The second kappa shape index (κ2) is 4.29. The van der Waals surface area contributed by atoms with Crippen LogP contribution in [0.1, 0.15) is 25.7 Å². The maximum Gasteiger partial charge on any atom is 0.209 e. The zero-order chi connectivity index (χ0) is 8.44. The highest BCUT2D eigenvalue weighted by atomic mass is 35.5. The standard InChI is InChI=1S/C9H16N2O.ClH/c12-8-11-6-2-4-9(7-11)3-1-5-10-9;/h8,10H,1-7H2;1H. The molecule has 2 rings (SSSR count). The summed E-state index contributed by atoms with van der Waals surface area (Å²) in [7, 11) is 0. The Kier molecular flexibility index (Phi) is 3.56. The molecule has 1 atom stereocenters. The number of nitrogens with zero attached hydrogens (tertiary/aromatic N) is 1. The number of carbonyl (C=O) groups is 1. The highest BCUT2D eigenvalue weighted by Gasteiger charge is 2.36. The first-order valence-corrected chi connectivity index (χ1v) is 4.79. The van der Waals surface area contributed by atoms with Crippen LogP contribution in [0.25, 0.3) is 0 Å². The van der Waals surface area contributed by atoms with Gasteiger partial charge in [0, 0.05) is 18.6 Å². The third-order valence-electron chi connectivity index (χ3n) is 3.09. The molecule has 76 valence electrons. The molecule has 3 nitrogen and oxygen atoms in total. The third kappa shape index (κ3) is 2.15. The lowest BCUT2D eigenvalue weighted by atomic mass is 9.88. The minimum Gasteiger partial charge on any atom is -0.343 e. The summed E-state index contributed by atoms with van der Waals surface area (Å²) in [5.74, 6) is 0. The normalized spacial score (nSPS) is 33.1. The average Bonchev–Trinajstić information content (AvgIpc) is 2.53. The van der Waals surface area contributed by atoms with Crippen LogP contribution in [0, 0.1) is 0 Å². The van der Waals surface area contributed by atoms with Crippen molar-refractivity contribution in [1.29, 1.82) is 0 Å². The van der Waals surface area contributed by atoms with Crippen molar-refractivity contribution in [2.24, 2.45) is 0 Å². The second-order valence-electron chi connectivity index (χ2n) is 3.99. The van der Waals surface area contributed by atoms with Crippen LogP contribution in [0.4, 0.5) is 0 Å². The Labute approximate surface area is 85.3 Å². The van der Waals surface area contributed by atoms with E-state index in [1.54, 1.807) is 0 Å². The first kappa shape index (κ1) is 10.8. The average molecular weight is 205 g/mol. The van der Waals surface area contributed by atoms with Crippen LogP contribution in [0.15, 0.2) is 0 Å². The molecule has 1 amide bonds. The minimum atomic E-state index is 0. The van der Waals surface area contributed by atoms with Crippen molar-refractivity contribution >= 4 is 18.8 Å². The molecule has 0 aromatic rings. The van der Waals surface area contributed by atoms with Gasteiger partial charge in [0.25, 0.3) is 0 Å². The Balaban J connectivity index is 0.000000845. The van der Waals surface area contributed by atoms with Gasteiger partial charge in [-0.15, -0.1) is 12.4 Å². The van der Waals surface area contributed by atoms with Crippen LogP contribution in [0.3, 0.4) is 0 Å². The molecule has 0 radical (unpaired) electrons. The molecule has 2 fully saturated rings. The molecule has 2 heterocycles. The number of piperidine rings is 1. The van der Waals surface area contributed by atoms with Gasteiger partial charge in [0.2, 0.25) is 6.41 Å². The molecular weight excluding hydrogens is 188 g/mol. The van der Waals surface area contributed by atoms with E-state index < -0.39 is 0 Å². The smallest absolute Gasteiger partial charge is 0.209 e. The number of halogens is 1.